The van der Waals surface area contributed by atoms with Gasteiger partial charge in [0.25, 0.3) is 5.91 Å². The minimum absolute atomic E-state index is 0.0738. The van der Waals surface area contributed by atoms with E-state index in [0.29, 0.717) is 67.0 Å². The Morgan fingerprint density at radius 1 is 1.11 bits per heavy atom. The standard InChI is InChI=1S/C27H28N4O5/c1-34-27-22(11-10-21(31-27)20-3-2-4-23-25(20)36-14-13-35-23)30-19-8-6-18(7-9-19)26(33)29-16-17-5-12-24(32)28-15-17/h2-4,6-11,17,30H,5,12-16H2,1H3,(H,28,32)(H,29,33). The zero-order chi connectivity index (χ0) is 24.9. The van der Waals surface area contributed by atoms with E-state index >= 15 is 0 Å². The van der Waals surface area contributed by atoms with E-state index in [1.165, 1.54) is 0 Å². The smallest absolute Gasteiger partial charge is 0.251 e. The van der Waals surface area contributed by atoms with Gasteiger partial charge < -0.3 is 30.2 Å². The lowest BCUT2D eigenvalue weighted by Gasteiger charge is -2.22. The van der Waals surface area contributed by atoms with Crippen molar-refractivity contribution in [3.63, 3.8) is 0 Å². The van der Waals surface area contributed by atoms with Gasteiger partial charge >= 0.3 is 0 Å². The number of para-hydroxylation sites is 1. The largest absolute Gasteiger partial charge is 0.486 e. The number of amides is 2. The van der Waals surface area contributed by atoms with E-state index < -0.39 is 0 Å². The second-order valence-electron chi connectivity index (χ2n) is 8.70. The Labute approximate surface area is 209 Å². The Kier molecular flexibility index (Phi) is 6.88. The van der Waals surface area contributed by atoms with Gasteiger partial charge in [0.15, 0.2) is 11.5 Å². The maximum absolute atomic E-state index is 12.5. The predicted molar refractivity (Wildman–Crippen MR) is 135 cm³/mol. The van der Waals surface area contributed by atoms with Crippen molar-refractivity contribution in [3.05, 3.63) is 60.2 Å². The average molecular weight is 489 g/mol. The normalized spacial score (nSPS) is 16.6. The van der Waals surface area contributed by atoms with Crippen molar-refractivity contribution in [1.82, 2.24) is 15.6 Å². The number of methoxy groups -OCH3 is 1. The van der Waals surface area contributed by atoms with Crippen molar-refractivity contribution in [3.8, 4) is 28.6 Å². The number of carbonyl (C=O) groups is 2. The molecule has 0 saturated carbocycles. The third-order valence-electron chi connectivity index (χ3n) is 6.24. The van der Waals surface area contributed by atoms with Crippen molar-refractivity contribution < 1.29 is 23.8 Å². The molecule has 9 nitrogen and oxygen atoms in total. The summed E-state index contributed by atoms with van der Waals surface area (Å²) in [6.45, 7) is 2.16. The van der Waals surface area contributed by atoms with Crippen molar-refractivity contribution in [1.29, 1.82) is 0 Å². The van der Waals surface area contributed by atoms with Crippen LogP contribution in [0.25, 0.3) is 11.3 Å². The molecule has 186 valence electrons. The minimum atomic E-state index is -0.139. The van der Waals surface area contributed by atoms with Crippen LogP contribution >= 0.6 is 0 Å². The summed E-state index contributed by atoms with van der Waals surface area (Å²) >= 11 is 0. The molecule has 1 unspecified atom stereocenters. The first-order valence-electron chi connectivity index (χ1n) is 12.0. The average Bonchev–Trinajstić information content (AvgIpc) is 2.93. The monoisotopic (exact) mass is 488 g/mol. The van der Waals surface area contributed by atoms with E-state index in [1.54, 1.807) is 19.2 Å². The number of rotatable bonds is 7. The molecule has 2 aliphatic heterocycles. The summed E-state index contributed by atoms with van der Waals surface area (Å²) in [5.74, 6) is 2.01. The van der Waals surface area contributed by atoms with Crippen LogP contribution in [-0.2, 0) is 4.79 Å². The summed E-state index contributed by atoms with van der Waals surface area (Å²) in [5.41, 5.74) is 3.60. The molecule has 1 aromatic heterocycles. The summed E-state index contributed by atoms with van der Waals surface area (Å²) in [4.78, 5) is 28.5. The molecule has 5 rings (SSSR count). The fourth-order valence-corrected chi connectivity index (χ4v) is 4.27. The number of anilines is 2. The second-order valence-corrected chi connectivity index (χ2v) is 8.70. The van der Waals surface area contributed by atoms with Crippen LogP contribution in [0.4, 0.5) is 11.4 Å². The Morgan fingerprint density at radius 2 is 1.94 bits per heavy atom. The number of aromatic nitrogens is 1. The molecule has 1 atom stereocenters. The van der Waals surface area contributed by atoms with Crippen LogP contribution in [0.1, 0.15) is 23.2 Å². The Bertz CT molecular complexity index is 1250. The van der Waals surface area contributed by atoms with Gasteiger partial charge in [-0.2, -0.15) is 0 Å². The summed E-state index contributed by atoms with van der Waals surface area (Å²) in [6, 6.07) is 16.7. The Hall–Kier alpha value is -4.27. The van der Waals surface area contributed by atoms with E-state index in [9.17, 15) is 9.59 Å². The first-order valence-corrected chi connectivity index (χ1v) is 12.0. The molecule has 36 heavy (non-hydrogen) atoms. The number of pyridine rings is 1. The van der Waals surface area contributed by atoms with E-state index in [-0.39, 0.29) is 17.7 Å². The molecule has 0 bridgehead atoms. The summed E-state index contributed by atoms with van der Waals surface area (Å²) < 4.78 is 17.1. The SMILES string of the molecule is COc1nc(-c2cccc3c2OCCO3)ccc1Nc1ccc(C(=O)NCC2CCC(=O)NC2)cc1. The fraction of sp³-hybridized carbons (Fsp3) is 0.296. The van der Waals surface area contributed by atoms with Crippen LogP contribution in [-0.4, -0.2) is 50.2 Å². The van der Waals surface area contributed by atoms with Crippen LogP contribution in [0.2, 0.25) is 0 Å². The molecule has 0 aliphatic carbocycles. The number of carbonyl (C=O) groups excluding carboxylic acids is 2. The second kappa shape index (κ2) is 10.6. The lowest BCUT2D eigenvalue weighted by atomic mass is 9.99. The number of piperidine rings is 1. The van der Waals surface area contributed by atoms with Crippen LogP contribution < -0.4 is 30.2 Å². The van der Waals surface area contributed by atoms with E-state index in [1.807, 2.05) is 42.5 Å². The summed E-state index contributed by atoms with van der Waals surface area (Å²) in [6.07, 6.45) is 1.30. The number of hydrogen-bond donors (Lipinski definition) is 3. The van der Waals surface area contributed by atoms with Crippen LogP contribution in [0.5, 0.6) is 17.4 Å². The van der Waals surface area contributed by atoms with Crippen molar-refractivity contribution in [2.24, 2.45) is 5.92 Å². The van der Waals surface area contributed by atoms with E-state index in [0.717, 1.165) is 17.7 Å². The first kappa shape index (κ1) is 23.5. The highest BCUT2D eigenvalue weighted by molar-refractivity contribution is 5.94. The number of fused-ring (bicyclic) bond motifs is 1. The highest BCUT2D eigenvalue weighted by Gasteiger charge is 2.20. The molecule has 1 saturated heterocycles. The fourth-order valence-electron chi connectivity index (χ4n) is 4.27. The molecular weight excluding hydrogens is 460 g/mol. The molecule has 2 aromatic carbocycles. The van der Waals surface area contributed by atoms with Gasteiger partial charge in [0, 0.05) is 36.3 Å². The van der Waals surface area contributed by atoms with Gasteiger partial charge in [-0.1, -0.05) is 6.07 Å². The van der Waals surface area contributed by atoms with Crippen molar-refractivity contribution >= 4 is 23.2 Å². The third kappa shape index (κ3) is 5.19. The summed E-state index contributed by atoms with van der Waals surface area (Å²) in [5, 5.41) is 9.09. The zero-order valence-corrected chi connectivity index (χ0v) is 20.0. The van der Waals surface area contributed by atoms with Gasteiger partial charge in [-0.15, -0.1) is 0 Å². The van der Waals surface area contributed by atoms with Gasteiger partial charge in [-0.05, 0) is 60.9 Å². The summed E-state index contributed by atoms with van der Waals surface area (Å²) in [7, 11) is 1.57. The van der Waals surface area contributed by atoms with Crippen LogP contribution in [0.3, 0.4) is 0 Å². The Balaban J connectivity index is 1.25. The lowest BCUT2D eigenvalue weighted by Crippen LogP contribution is -2.40. The number of ether oxygens (including phenoxy) is 3. The zero-order valence-electron chi connectivity index (χ0n) is 20.0. The molecule has 3 heterocycles. The highest BCUT2D eigenvalue weighted by atomic mass is 16.6. The maximum Gasteiger partial charge on any atom is 0.251 e. The van der Waals surface area contributed by atoms with Crippen molar-refractivity contribution in [2.45, 2.75) is 12.8 Å². The quantitative estimate of drug-likeness (QED) is 0.467. The van der Waals surface area contributed by atoms with Gasteiger partial charge in [-0.3, -0.25) is 9.59 Å². The molecule has 1 fully saturated rings. The van der Waals surface area contributed by atoms with E-state index in [2.05, 4.69) is 20.9 Å². The number of nitrogens with zero attached hydrogens (tertiary/aromatic N) is 1. The molecule has 0 radical (unpaired) electrons. The molecule has 2 amide bonds. The number of nitrogens with one attached hydrogen (secondary N) is 3. The number of hydrogen-bond acceptors (Lipinski definition) is 7. The van der Waals surface area contributed by atoms with Gasteiger partial charge in [-0.25, -0.2) is 4.98 Å². The molecule has 3 aromatic rings. The molecule has 9 heteroatoms. The van der Waals surface area contributed by atoms with Gasteiger partial charge in [0.1, 0.15) is 18.9 Å². The van der Waals surface area contributed by atoms with E-state index in [4.69, 9.17) is 14.2 Å². The number of benzene rings is 2. The van der Waals surface area contributed by atoms with Gasteiger partial charge in [0.05, 0.1) is 12.8 Å². The molecule has 2 aliphatic rings. The minimum Gasteiger partial charge on any atom is -0.486 e. The Morgan fingerprint density at radius 3 is 2.72 bits per heavy atom. The third-order valence-corrected chi connectivity index (χ3v) is 6.24. The maximum atomic E-state index is 12.5. The van der Waals surface area contributed by atoms with Crippen molar-refractivity contribution in [2.75, 3.05) is 38.7 Å². The first-order chi connectivity index (χ1) is 17.6. The predicted octanol–water partition coefficient (Wildman–Crippen LogP) is 3.53. The molecular formula is C27H28N4O5. The molecule has 3 N–H and O–H groups in total. The lowest BCUT2D eigenvalue weighted by molar-refractivity contribution is -0.122. The highest BCUT2D eigenvalue weighted by Crippen LogP contribution is 2.40. The molecule has 0 spiro atoms. The topological polar surface area (TPSA) is 111 Å². The van der Waals surface area contributed by atoms with Crippen LogP contribution in [0, 0.1) is 5.92 Å². The van der Waals surface area contributed by atoms with Gasteiger partial charge in [0.2, 0.25) is 11.8 Å². The van der Waals surface area contributed by atoms with Crippen LogP contribution in [0.15, 0.2) is 54.6 Å².